The van der Waals surface area contributed by atoms with Crippen molar-refractivity contribution in [3.8, 4) is 11.5 Å². The van der Waals surface area contributed by atoms with Gasteiger partial charge in [0.2, 0.25) is 0 Å². The smallest absolute Gasteiger partial charge is 0.180 e. The van der Waals surface area contributed by atoms with Crippen LogP contribution in [0.15, 0.2) is 18.3 Å². The van der Waals surface area contributed by atoms with Gasteiger partial charge in [0.25, 0.3) is 0 Å². The lowest BCUT2D eigenvalue weighted by Crippen LogP contribution is -2.00. The summed E-state index contributed by atoms with van der Waals surface area (Å²) in [4.78, 5) is 16.6. The van der Waals surface area contributed by atoms with Crippen LogP contribution in [0.4, 0.5) is 5.82 Å². The van der Waals surface area contributed by atoms with Crippen molar-refractivity contribution in [1.29, 1.82) is 0 Å². The van der Waals surface area contributed by atoms with Gasteiger partial charge < -0.3 is 5.73 Å². The van der Waals surface area contributed by atoms with Crippen molar-refractivity contribution in [2.75, 3.05) is 5.73 Å². The number of anilines is 1. The maximum Gasteiger partial charge on any atom is 0.180 e. The topological polar surface area (TPSA) is 77.6 Å². The quantitative estimate of drug-likeness (QED) is 0.748. The molecule has 0 saturated carbocycles. The molecule has 0 atom stereocenters. The molecule has 2 N–H and O–H groups in total. The number of aryl methyl sites for hydroxylation is 2. The van der Waals surface area contributed by atoms with Gasteiger partial charge in [-0.2, -0.15) is 0 Å². The SMILES string of the molecule is Cc1cc(N)nc(-c2ccnc(C)n2)n1. The molecule has 2 aromatic rings. The summed E-state index contributed by atoms with van der Waals surface area (Å²) >= 11 is 0. The molecule has 0 spiro atoms. The van der Waals surface area contributed by atoms with Gasteiger partial charge in [-0.15, -0.1) is 0 Å². The summed E-state index contributed by atoms with van der Waals surface area (Å²) in [6.45, 7) is 3.69. The highest BCUT2D eigenvalue weighted by Crippen LogP contribution is 2.13. The summed E-state index contributed by atoms with van der Waals surface area (Å²) in [5.74, 6) is 1.68. The van der Waals surface area contributed by atoms with E-state index in [0.29, 0.717) is 23.2 Å². The molecule has 2 rings (SSSR count). The largest absolute Gasteiger partial charge is 0.384 e. The van der Waals surface area contributed by atoms with Gasteiger partial charge in [-0.25, -0.2) is 19.9 Å². The summed E-state index contributed by atoms with van der Waals surface area (Å²) < 4.78 is 0. The number of rotatable bonds is 1. The van der Waals surface area contributed by atoms with Crippen LogP contribution >= 0.6 is 0 Å². The zero-order chi connectivity index (χ0) is 10.8. The molecular weight excluding hydrogens is 190 g/mol. The fourth-order valence-corrected chi connectivity index (χ4v) is 1.29. The van der Waals surface area contributed by atoms with Gasteiger partial charge in [-0.1, -0.05) is 0 Å². The third-order valence-electron chi connectivity index (χ3n) is 1.88. The molecular formula is C10H11N5. The first kappa shape index (κ1) is 9.51. The molecule has 76 valence electrons. The molecule has 2 heterocycles. The maximum atomic E-state index is 5.64. The Bertz CT molecular complexity index is 475. The van der Waals surface area contributed by atoms with E-state index in [9.17, 15) is 0 Å². The summed E-state index contributed by atoms with van der Waals surface area (Å²) in [5.41, 5.74) is 7.16. The van der Waals surface area contributed by atoms with E-state index in [4.69, 9.17) is 5.73 Å². The van der Waals surface area contributed by atoms with Gasteiger partial charge in [0.1, 0.15) is 17.3 Å². The molecule has 5 nitrogen and oxygen atoms in total. The molecule has 0 unspecified atom stereocenters. The van der Waals surface area contributed by atoms with E-state index >= 15 is 0 Å². The van der Waals surface area contributed by atoms with E-state index in [2.05, 4.69) is 19.9 Å². The second kappa shape index (κ2) is 3.61. The Morgan fingerprint density at radius 1 is 1.13 bits per heavy atom. The van der Waals surface area contributed by atoms with Crippen LogP contribution in [0.1, 0.15) is 11.5 Å². The molecule has 0 bridgehead atoms. The molecule has 0 saturated heterocycles. The standard InChI is InChI=1S/C10H11N5/c1-6-5-9(11)15-10(13-6)8-3-4-12-7(2)14-8/h3-5H,1-2H3,(H2,11,13,15). The highest BCUT2D eigenvalue weighted by Gasteiger charge is 2.04. The minimum atomic E-state index is 0.453. The lowest BCUT2D eigenvalue weighted by Gasteiger charge is -2.02. The van der Waals surface area contributed by atoms with E-state index in [0.717, 1.165) is 5.69 Å². The highest BCUT2D eigenvalue weighted by molar-refractivity contribution is 5.51. The fourth-order valence-electron chi connectivity index (χ4n) is 1.29. The average Bonchev–Trinajstić information content (AvgIpc) is 2.16. The van der Waals surface area contributed by atoms with Crippen LogP contribution in [-0.4, -0.2) is 19.9 Å². The first-order valence-electron chi connectivity index (χ1n) is 4.56. The molecule has 2 aromatic heterocycles. The van der Waals surface area contributed by atoms with Crippen molar-refractivity contribution in [2.24, 2.45) is 0 Å². The summed E-state index contributed by atoms with van der Waals surface area (Å²) in [6, 6.07) is 3.48. The molecule has 0 aliphatic rings. The number of nitrogens with two attached hydrogens (primary N) is 1. The lowest BCUT2D eigenvalue weighted by molar-refractivity contribution is 1.02. The molecule has 0 fully saturated rings. The molecule has 0 radical (unpaired) electrons. The fraction of sp³-hybridized carbons (Fsp3) is 0.200. The Balaban J connectivity index is 2.54. The molecule has 5 heteroatoms. The first-order valence-corrected chi connectivity index (χ1v) is 4.56. The minimum absolute atomic E-state index is 0.453. The number of nitrogens with zero attached hydrogens (tertiary/aromatic N) is 4. The molecule has 0 amide bonds. The van der Waals surface area contributed by atoms with E-state index in [1.165, 1.54) is 0 Å². The van der Waals surface area contributed by atoms with Crippen molar-refractivity contribution < 1.29 is 0 Å². The van der Waals surface area contributed by atoms with Crippen LogP contribution in [0.25, 0.3) is 11.5 Å². The predicted molar refractivity (Wildman–Crippen MR) is 56.9 cm³/mol. The van der Waals surface area contributed by atoms with Crippen LogP contribution in [0.3, 0.4) is 0 Å². The third kappa shape index (κ3) is 2.07. The van der Waals surface area contributed by atoms with Crippen molar-refractivity contribution >= 4 is 5.82 Å². The zero-order valence-corrected chi connectivity index (χ0v) is 8.60. The van der Waals surface area contributed by atoms with Gasteiger partial charge in [0.15, 0.2) is 5.82 Å². The van der Waals surface area contributed by atoms with Gasteiger partial charge >= 0.3 is 0 Å². The normalized spacial score (nSPS) is 10.3. The van der Waals surface area contributed by atoms with Crippen LogP contribution in [-0.2, 0) is 0 Å². The van der Waals surface area contributed by atoms with Crippen LogP contribution in [0.5, 0.6) is 0 Å². The van der Waals surface area contributed by atoms with Crippen molar-refractivity contribution in [3.63, 3.8) is 0 Å². The number of hydrogen-bond acceptors (Lipinski definition) is 5. The Kier molecular flexibility index (Phi) is 2.29. The van der Waals surface area contributed by atoms with Gasteiger partial charge in [0.05, 0.1) is 0 Å². The van der Waals surface area contributed by atoms with Gasteiger partial charge in [0, 0.05) is 18.0 Å². The third-order valence-corrected chi connectivity index (χ3v) is 1.88. The van der Waals surface area contributed by atoms with Gasteiger partial charge in [-0.05, 0) is 19.9 Å². The molecule has 0 aromatic carbocycles. The van der Waals surface area contributed by atoms with E-state index in [1.807, 2.05) is 13.8 Å². The lowest BCUT2D eigenvalue weighted by atomic mass is 10.3. The van der Waals surface area contributed by atoms with Crippen LogP contribution in [0.2, 0.25) is 0 Å². The summed E-state index contributed by atoms with van der Waals surface area (Å²) in [5, 5.41) is 0. The Morgan fingerprint density at radius 2 is 1.93 bits per heavy atom. The minimum Gasteiger partial charge on any atom is -0.384 e. The Morgan fingerprint density at radius 3 is 2.60 bits per heavy atom. The van der Waals surface area contributed by atoms with Crippen molar-refractivity contribution in [3.05, 3.63) is 29.8 Å². The van der Waals surface area contributed by atoms with Crippen LogP contribution < -0.4 is 5.73 Å². The number of hydrogen-bond donors (Lipinski definition) is 1. The molecule has 15 heavy (non-hydrogen) atoms. The molecule has 0 aliphatic carbocycles. The highest BCUT2D eigenvalue weighted by atomic mass is 15.0. The van der Waals surface area contributed by atoms with E-state index in [-0.39, 0.29) is 0 Å². The maximum absolute atomic E-state index is 5.64. The Hall–Kier alpha value is -2.04. The second-order valence-electron chi connectivity index (χ2n) is 3.25. The monoisotopic (exact) mass is 201 g/mol. The summed E-state index contributed by atoms with van der Waals surface area (Å²) in [6.07, 6.45) is 1.68. The second-order valence-corrected chi connectivity index (χ2v) is 3.25. The van der Waals surface area contributed by atoms with Crippen molar-refractivity contribution in [1.82, 2.24) is 19.9 Å². The van der Waals surface area contributed by atoms with Crippen LogP contribution in [0, 0.1) is 13.8 Å². The predicted octanol–water partition coefficient (Wildman–Crippen LogP) is 1.13. The summed E-state index contributed by atoms with van der Waals surface area (Å²) in [7, 11) is 0. The Labute approximate surface area is 87.4 Å². The van der Waals surface area contributed by atoms with Gasteiger partial charge in [-0.3, -0.25) is 0 Å². The average molecular weight is 201 g/mol. The zero-order valence-electron chi connectivity index (χ0n) is 8.60. The molecule has 0 aliphatic heterocycles. The first-order chi connectivity index (χ1) is 7.15. The van der Waals surface area contributed by atoms with Crippen molar-refractivity contribution in [2.45, 2.75) is 13.8 Å². The van der Waals surface area contributed by atoms with E-state index < -0.39 is 0 Å². The van der Waals surface area contributed by atoms with E-state index in [1.54, 1.807) is 18.3 Å². The number of nitrogen functional groups attached to an aromatic ring is 1. The number of aromatic nitrogens is 4.